The van der Waals surface area contributed by atoms with Crippen molar-refractivity contribution in [2.24, 2.45) is 0 Å². The number of benzene rings is 6. The summed E-state index contributed by atoms with van der Waals surface area (Å²) in [7, 11) is 18.0. The summed E-state index contributed by atoms with van der Waals surface area (Å²) in [5.41, 5.74) is 9.80. The molecule has 0 heterocycles. The monoisotopic (exact) mass is 858 g/mol. The van der Waals surface area contributed by atoms with Gasteiger partial charge in [0.05, 0.1) is 0 Å². The number of hydrogen-bond acceptors (Lipinski definition) is 0. The van der Waals surface area contributed by atoms with Gasteiger partial charge in [-0.1, -0.05) is 0 Å². The van der Waals surface area contributed by atoms with Gasteiger partial charge in [-0.25, -0.2) is 0 Å². The first-order valence-electron chi connectivity index (χ1n) is 17.8. The van der Waals surface area contributed by atoms with E-state index < -0.39 is 15.7 Å². The van der Waals surface area contributed by atoms with E-state index in [9.17, 15) is 0 Å². The van der Waals surface area contributed by atoms with Crippen LogP contribution in [0.4, 0.5) is 0 Å². The molecule has 50 heavy (non-hydrogen) atoms. The molecular formula is C47H44Cl2Hf. The molecule has 2 aliphatic carbocycles. The molecule has 0 nitrogen and oxygen atoms in total. The predicted octanol–water partition coefficient (Wildman–Crippen LogP) is 13.8. The summed E-state index contributed by atoms with van der Waals surface area (Å²) < 4.78 is 0.855. The first kappa shape index (κ1) is 33.8. The van der Waals surface area contributed by atoms with Crippen LogP contribution in [0.15, 0.2) is 146 Å². The SMILES string of the molecule is CC(C)(C)c1ccc2c(c1)[CH]([Hf]([Cl])([Cl])(=[C](c1ccc3ccccc3c1)c1ccc3ccccc3c1)[CH]1C=CC=C1)c1cc(C(C)(C)C)ccc1-2. The van der Waals surface area contributed by atoms with Crippen LogP contribution >= 0.6 is 17.2 Å². The molecule has 0 spiro atoms. The van der Waals surface area contributed by atoms with Gasteiger partial charge in [0.2, 0.25) is 0 Å². The number of hydrogen-bond donors (Lipinski definition) is 0. The molecular weight excluding hydrogens is 814 g/mol. The third kappa shape index (κ3) is 5.39. The maximum absolute atomic E-state index is 8.98. The Kier molecular flexibility index (Phi) is 8.00. The maximum atomic E-state index is 8.98. The van der Waals surface area contributed by atoms with E-state index in [2.05, 4.69) is 187 Å². The van der Waals surface area contributed by atoms with Gasteiger partial charge in [-0.05, 0) is 0 Å². The van der Waals surface area contributed by atoms with Gasteiger partial charge in [-0.3, -0.25) is 0 Å². The van der Waals surface area contributed by atoms with Gasteiger partial charge in [0.15, 0.2) is 0 Å². The van der Waals surface area contributed by atoms with Crippen molar-refractivity contribution in [3.63, 3.8) is 0 Å². The van der Waals surface area contributed by atoms with Gasteiger partial charge in [0, 0.05) is 0 Å². The zero-order valence-corrected chi connectivity index (χ0v) is 34.9. The number of rotatable bonds is 4. The van der Waals surface area contributed by atoms with Gasteiger partial charge in [0.1, 0.15) is 0 Å². The van der Waals surface area contributed by atoms with E-state index in [-0.39, 0.29) is 18.2 Å². The second-order valence-corrected chi connectivity index (χ2v) is 45.9. The van der Waals surface area contributed by atoms with E-state index in [4.69, 9.17) is 17.2 Å². The summed E-state index contributed by atoms with van der Waals surface area (Å²) in [6.07, 6.45) is 8.88. The third-order valence-electron chi connectivity index (χ3n) is 11.2. The van der Waals surface area contributed by atoms with Gasteiger partial charge in [-0.2, -0.15) is 0 Å². The predicted molar refractivity (Wildman–Crippen MR) is 216 cm³/mol. The molecule has 0 fully saturated rings. The molecule has 0 aliphatic heterocycles. The first-order chi connectivity index (χ1) is 23.7. The van der Waals surface area contributed by atoms with E-state index in [1.54, 1.807) is 0 Å². The number of allylic oxidation sites excluding steroid dienone is 4. The van der Waals surface area contributed by atoms with Crippen LogP contribution in [0.3, 0.4) is 0 Å². The molecule has 0 saturated carbocycles. The van der Waals surface area contributed by atoms with Crippen LogP contribution in [-0.2, 0) is 26.5 Å². The fourth-order valence-electron chi connectivity index (χ4n) is 8.46. The molecule has 0 radical (unpaired) electrons. The van der Waals surface area contributed by atoms with Crippen LogP contribution in [0.25, 0.3) is 32.7 Å². The van der Waals surface area contributed by atoms with Crippen molar-refractivity contribution >= 4 is 42.0 Å². The normalized spacial score (nSPS) is 15.2. The summed E-state index contributed by atoms with van der Waals surface area (Å²) >= 11 is -5.73. The molecule has 6 aromatic rings. The number of fused-ring (bicyclic) bond motifs is 5. The Morgan fingerprint density at radius 2 is 0.920 bits per heavy atom. The van der Waals surface area contributed by atoms with Crippen LogP contribution < -0.4 is 0 Å². The summed E-state index contributed by atoms with van der Waals surface area (Å²) in [6, 6.07) is 45.0. The summed E-state index contributed by atoms with van der Waals surface area (Å²) in [5.74, 6) is 0. The zero-order chi connectivity index (χ0) is 35.1. The Hall–Kier alpha value is -3.36. The van der Waals surface area contributed by atoms with Gasteiger partial charge in [-0.15, -0.1) is 0 Å². The molecule has 6 aromatic carbocycles. The van der Waals surface area contributed by atoms with Gasteiger partial charge < -0.3 is 0 Å². The van der Waals surface area contributed by atoms with Crippen LogP contribution in [0.5, 0.6) is 0 Å². The van der Waals surface area contributed by atoms with Crippen LogP contribution in [0.2, 0.25) is 3.67 Å². The van der Waals surface area contributed by atoms with Crippen molar-refractivity contribution in [3.05, 3.63) is 179 Å². The van der Waals surface area contributed by atoms with Crippen LogP contribution in [0, 0.1) is 0 Å². The van der Waals surface area contributed by atoms with E-state index in [0.29, 0.717) is 0 Å². The van der Waals surface area contributed by atoms with E-state index in [1.807, 2.05) is 0 Å². The number of halogens is 2. The minimum atomic E-state index is -5.73. The Morgan fingerprint density at radius 1 is 0.500 bits per heavy atom. The molecule has 0 saturated heterocycles. The van der Waals surface area contributed by atoms with Crippen molar-refractivity contribution < 1.29 is 15.7 Å². The van der Waals surface area contributed by atoms with Gasteiger partial charge in [0.25, 0.3) is 0 Å². The Bertz CT molecular complexity index is 2320. The van der Waals surface area contributed by atoms with Crippen molar-refractivity contribution in [1.82, 2.24) is 0 Å². The summed E-state index contributed by atoms with van der Waals surface area (Å²) in [6.45, 7) is 13.8. The zero-order valence-electron chi connectivity index (χ0n) is 29.8. The average Bonchev–Trinajstić information content (AvgIpc) is 3.75. The Balaban J connectivity index is 1.59. The molecule has 0 N–H and O–H groups in total. The molecule has 8 rings (SSSR count). The van der Waals surface area contributed by atoms with Crippen molar-refractivity contribution in [2.45, 2.75) is 59.7 Å². The molecule has 0 unspecified atom stereocenters. The summed E-state index contributed by atoms with van der Waals surface area (Å²) in [4.78, 5) is 0. The van der Waals surface area contributed by atoms with Crippen molar-refractivity contribution in [2.75, 3.05) is 0 Å². The third-order valence-corrected chi connectivity index (χ3v) is 39.3. The van der Waals surface area contributed by atoms with Crippen molar-refractivity contribution in [1.29, 1.82) is 0 Å². The van der Waals surface area contributed by atoms with E-state index >= 15 is 0 Å². The molecule has 0 atom stereocenters. The Morgan fingerprint density at radius 3 is 1.34 bits per heavy atom. The second-order valence-electron chi connectivity index (χ2n) is 16.5. The fraction of sp³-hybridized carbons (Fsp3) is 0.213. The quantitative estimate of drug-likeness (QED) is 0.155. The first-order valence-corrected chi connectivity index (χ1v) is 32.7. The molecule has 3 heteroatoms. The standard InChI is InChI=1S/C21H14.C21H25.C5H5.2ClH.Hf/c1-3-7-20-14-16(9-11-18(20)5-1)13-17-10-12-19-6-2-4-8-21(19)15-17;1-20(2,3)16-7-9-18-14(12-16)11-15-13-17(21(4,5)6)8-10-19(15)18;1-2-4-5-3-1;;;/h1-12,14-15H;7-13H,1-6H3;1-5H;2*1H;/q;;;;;+2/p-2. The van der Waals surface area contributed by atoms with Gasteiger partial charge >= 0.3 is 307 Å². The van der Waals surface area contributed by atoms with E-state index in [1.165, 1.54) is 54.9 Å². The van der Waals surface area contributed by atoms with Crippen molar-refractivity contribution in [3.8, 4) is 11.1 Å². The Labute approximate surface area is 305 Å². The molecule has 2 aliphatic rings. The molecule has 0 amide bonds. The molecule has 0 bridgehead atoms. The average molecular weight is 858 g/mol. The topological polar surface area (TPSA) is 0 Å². The van der Waals surface area contributed by atoms with Crippen LogP contribution in [0.1, 0.15) is 78.6 Å². The van der Waals surface area contributed by atoms with E-state index in [0.717, 1.165) is 14.4 Å². The fourth-order valence-corrected chi connectivity index (χ4v) is 36.1. The molecule has 0 aromatic heterocycles. The molecule has 250 valence electrons. The minimum absolute atomic E-state index is 0.0354. The second kappa shape index (κ2) is 11.8. The van der Waals surface area contributed by atoms with Crippen LogP contribution in [-0.4, -0.2) is 3.26 Å². The summed E-state index contributed by atoms with van der Waals surface area (Å²) in [5, 5.41) is 4.78.